The fraction of sp³-hybridized carbons (Fsp3) is 0.892. The third-order valence-electron chi connectivity index (χ3n) is 11.6. The fourth-order valence-corrected chi connectivity index (χ4v) is 8.72. The summed E-state index contributed by atoms with van der Waals surface area (Å²) < 4.78 is 31.2. The van der Waals surface area contributed by atoms with Crippen LogP contribution >= 0.6 is 0 Å². The maximum Gasteiger partial charge on any atom is 0.410 e. The molecule has 3 heterocycles. The van der Waals surface area contributed by atoms with E-state index in [-0.39, 0.29) is 50.0 Å². The van der Waals surface area contributed by atoms with E-state index in [0.717, 1.165) is 0 Å². The summed E-state index contributed by atoms with van der Waals surface area (Å²) in [5.41, 5.74) is 6.15. The molecule has 0 bridgehead atoms. The lowest BCUT2D eigenvalue weighted by atomic mass is 9.78. The Hall–Kier alpha value is -3.01. The number of amides is 2. The van der Waals surface area contributed by atoms with E-state index in [1.165, 1.54) is 21.0 Å². The zero-order chi connectivity index (χ0) is 40.0. The highest BCUT2D eigenvalue weighted by molar-refractivity contribution is 6.00. The van der Waals surface area contributed by atoms with E-state index in [2.05, 4.69) is 10.0 Å². The van der Waals surface area contributed by atoms with Gasteiger partial charge >= 0.3 is 12.1 Å². The van der Waals surface area contributed by atoms with Crippen LogP contribution < -0.4 is 0 Å². The van der Waals surface area contributed by atoms with Crippen molar-refractivity contribution in [2.24, 2.45) is 22.9 Å². The number of Topliss-reactive ketones (excluding diaryl/α,β-unsaturated/α-hetero) is 1. The summed E-state index contributed by atoms with van der Waals surface area (Å²) in [5, 5.41) is 15.0. The average molecular weight is 753 g/mol. The molecule has 0 spiro atoms. The summed E-state index contributed by atoms with van der Waals surface area (Å²) in [6.45, 7) is 16.5. The van der Waals surface area contributed by atoms with Crippen LogP contribution in [-0.2, 0) is 38.1 Å². The van der Waals surface area contributed by atoms with Crippen LogP contribution in [0.2, 0.25) is 0 Å². The van der Waals surface area contributed by atoms with Gasteiger partial charge in [-0.15, -0.1) is 0 Å². The number of unbranched alkanes of at least 4 members (excludes halogenated alkanes) is 1. The number of esters is 1. The number of likely N-dealkylation sites (N-methyl/N-ethyl adjacent to an activating group) is 1. The van der Waals surface area contributed by atoms with Crippen LogP contribution in [0.3, 0.4) is 0 Å². The number of hydrogen-bond donors (Lipinski definition) is 1. The van der Waals surface area contributed by atoms with Crippen molar-refractivity contribution in [1.29, 1.82) is 0 Å². The Morgan fingerprint density at radius 3 is 2.36 bits per heavy atom. The number of ether oxygens (including phenoxy) is 5. The number of fused-ring (bicyclic) bond motifs is 1. The minimum atomic E-state index is -1.39. The maximum atomic E-state index is 14.3. The number of azide groups is 1. The number of ketones is 1. The highest BCUT2D eigenvalue weighted by Crippen LogP contribution is 2.41. The number of methoxy groups -OCH3 is 1. The number of carbonyl (C=O) groups is 4. The van der Waals surface area contributed by atoms with E-state index < -0.39 is 77.6 Å². The molecule has 0 saturated carbocycles. The Balaban J connectivity index is 2.14. The van der Waals surface area contributed by atoms with Crippen molar-refractivity contribution in [3.63, 3.8) is 0 Å². The van der Waals surface area contributed by atoms with Crippen molar-refractivity contribution < 1.29 is 48.0 Å². The second-order valence-corrected chi connectivity index (χ2v) is 16.0. The Kier molecular flexibility index (Phi) is 15.5. The van der Waals surface area contributed by atoms with Gasteiger partial charge < -0.3 is 38.6 Å². The monoisotopic (exact) mass is 752 g/mol. The number of rotatable bonds is 10. The molecular formula is C37H64N6O10. The Bertz CT molecular complexity index is 1350. The fourth-order valence-electron chi connectivity index (χ4n) is 8.72. The first-order chi connectivity index (χ1) is 24.8. The molecule has 53 heavy (non-hydrogen) atoms. The van der Waals surface area contributed by atoms with Crippen LogP contribution in [0.25, 0.3) is 10.4 Å². The predicted octanol–water partition coefficient (Wildman–Crippen LogP) is 4.31. The van der Waals surface area contributed by atoms with Crippen LogP contribution in [-0.4, -0.2) is 144 Å². The molecule has 13 atom stereocenters. The van der Waals surface area contributed by atoms with E-state index in [1.54, 1.807) is 30.6 Å². The molecule has 302 valence electrons. The van der Waals surface area contributed by atoms with Gasteiger partial charge in [-0.2, -0.15) is 0 Å². The van der Waals surface area contributed by atoms with E-state index in [0.29, 0.717) is 25.7 Å². The van der Waals surface area contributed by atoms with Gasteiger partial charge in [-0.3, -0.25) is 19.3 Å². The molecule has 3 fully saturated rings. The summed E-state index contributed by atoms with van der Waals surface area (Å²) in [6.07, 6.45) is -2.76. The SMILES string of the molecule is CC[C@H]1OC(=O)[C@H](C)C(=O)[C@H](C)[C@@H](O[C@@H]2O[C@H](C)CC(N(C)C)[C@H]2O)[C@](C)(OC)C[C@@H](C)CN(C(C)=O)[C@H](C)[C@H]2N(CCCCN=[N+]=[N-])C(=O)O[C@]12C. The van der Waals surface area contributed by atoms with Gasteiger partial charge in [0, 0.05) is 50.5 Å². The molecule has 16 heteroatoms. The van der Waals surface area contributed by atoms with E-state index in [1.807, 2.05) is 46.7 Å². The average Bonchev–Trinajstić information content (AvgIpc) is 3.36. The number of nitrogens with zero attached hydrogens (tertiary/aromatic N) is 6. The normalized spacial score (nSPS) is 39.1. The number of cyclic esters (lactones) is 1. The minimum absolute atomic E-state index is 0.227. The van der Waals surface area contributed by atoms with E-state index >= 15 is 0 Å². The molecule has 0 aromatic rings. The van der Waals surface area contributed by atoms with Crippen LogP contribution in [0, 0.1) is 17.8 Å². The summed E-state index contributed by atoms with van der Waals surface area (Å²) in [6, 6.07) is -1.61. The Morgan fingerprint density at radius 2 is 1.79 bits per heavy atom. The molecule has 0 aliphatic carbocycles. The standard InChI is InChI=1S/C37H64N6O10/c1-13-28-37(9)31(42(35(48)53-37)17-15-14-16-39-40-38)25(6)43(26(7)44)20-21(2)19-36(8,49-12)32(23(4)29(45)24(5)33(47)51-28)52-34-30(46)27(41(10)11)18-22(3)50-34/h21-25,27-28,30-32,34,46H,13-20H2,1-12H3/t21-,22-,23+,24-,25-,27?,28-,30-,31-,32-,34+,36-,37-/m1/s1. The van der Waals surface area contributed by atoms with Crippen molar-refractivity contribution >= 4 is 23.8 Å². The second kappa shape index (κ2) is 18.5. The molecule has 3 aliphatic heterocycles. The lowest BCUT2D eigenvalue weighted by Crippen LogP contribution is -2.62. The molecule has 0 radical (unpaired) electrons. The van der Waals surface area contributed by atoms with Gasteiger partial charge in [0.1, 0.15) is 18.1 Å². The maximum absolute atomic E-state index is 14.3. The van der Waals surface area contributed by atoms with Crippen molar-refractivity contribution in [2.75, 3.05) is 40.8 Å². The largest absolute Gasteiger partial charge is 0.458 e. The third-order valence-corrected chi connectivity index (χ3v) is 11.6. The molecular weight excluding hydrogens is 688 g/mol. The lowest BCUT2D eigenvalue weighted by molar-refractivity contribution is -0.295. The highest BCUT2D eigenvalue weighted by Gasteiger charge is 2.60. The summed E-state index contributed by atoms with van der Waals surface area (Å²) in [4.78, 5) is 63.4. The zero-order valence-corrected chi connectivity index (χ0v) is 33.8. The van der Waals surface area contributed by atoms with Gasteiger partial charge in [0.15, 0.2) is 17.7 Å². The Labute approximate surface area is 314 Å². The topological polar surface area (TPSA) is 193 Å². The van der Waals surface area contributed by atoms with E-state index in [4.69, 9.17) is 29.2 Å². The summed E-state index contributed by atoms with van der Waals surface area (Å²) in [5.74, 6) is -3.85. The number of carbonyl (C=O) groups excluding carboxylic acids is 4. The first-order valence-electron chi connectivity index (χ1n) is 19.0. The summed E-state index contributed by atoms with van der Waals surface area (Å²) >= 11 is 0. The first-order valence-corrected chi connectivity index (χ1v) is 19.0. The molecule has 1 N–H and O–H groups in total. The van der Waals surface area contributed by atoms with Crippen LogP contribution in [0.1, 0.15) is 94.4 Å². The zero-order valence-electron chi connectivity index (χ0n) is 33.8. The van der Waals surface area contributed by atoms with Crippen LogP contribution in [0.15, 0.2) is 5.11 Å². The van der Waals surface area contributed by atoms with Gasteiger partial charge in [0.05, 0.1) is 29.9 Å². The van der Waals surface area contributed by atoms with Gasteiger partial charge in [0.25, 0.3) is 0 Å². The molecule has 3 aliphatic rings. The van der Waals surface area contributed by atoms with Crippen molar-refractivity contribution in [3.8, 4) is 0 Å². The third kappa shape index (κ3) is 9.81. The molecule has 3 saturated heterocycles. The lowest BCUT2D eigenvalue weighted by Gasteiger charge is -2.47. The number of hydrogen-bond acceptors (Lipinski definition) is 12. The molecule has 0 aromatic heterocycles. The molecule has 1 unspecified atom stereocenters. The van der Waals surface area contributed by atoms with Gasteiger partial charge in [-0.25, -0.2) is 4.79 Å². The van der Waals surface area contributed by atoms with Gasteiger partial charge in [-0.05, 0) is 92.3 Å². The van der Waals surface area contributed by atoms with Gasteiger partial charge in [0.2, 0.25) is 5.91 Å². The first kappa shape index (κ1) is 44.4. The van der Waals surface area contributed by atoms with Gasteiger partial charge in [-0.1, -0.05) is 25.9 Å². The molecule has 3 rings (SSSR count). The smallest absolute Gasteiger partial charge is 0.410 e. The highest BCUT2D eigenvalue weighted by atomic mass is 16.7. The van der Waals surface area contributed by atoms with Crippen LogP contribution in [0.5, 0.6) is 0 Å². The van der Waals surface area contributed by atoms with Crippen LogP contribution in [0.4, 0.5) is 4.79 Å². The van der Waals surface area contributed by atoms with Crippen molar-refractivity contribution in [3.05, 3.63) is 10.4 Å². The number of aliphatic hydroxyl groups is 1. The van der Waals surface area contributed by atoms with Crippen molar-refractivity contribution in [2.45, 2.75) is 154 Å². The molecule has 16 nitrogen and oxygen atoms in total. The van der Waals surface area contributed by atoms with E-state index in [9.17, 15) is 24.3 Å². The Morgan fingerprint density at radius 1 is 1.13 bits per heavy atom. The molecule has 0 aromatic carbocycles. The minimum Gasteiger partial charge on any atom is -0.458 e. The second-order valence-electron chi connectivity index (χ2n) is 16.0. The quantitative estimate of drug-likeness (QED) is 0.0835. The van der Waals surface area contributed by atoms with Crippen molar-refractivity contribution in [1.82, 2.24) is 14.7 Å². The predicted molar refractivity (Wildman–Crippen MR) is 195 cm³/mol. The molecule has 2 amide bonds. The summed E-state index contributed by atoms with van der Waals surface area (Å²) in [7, 11) is 5.28. The number of aliphatic hydroxyl groups excluding tert-OH is 1.